The van der Waals surface area contributed by atoms with Gasteiger partial charge in [0.25, 0.3) is 0 Å². The van der Waals surface area contributed by atoms with Gasteiger partial charge in [0, 0.05) is 11.3 Å². The third-order valence-corrected chi connectivity index (χ3v) is 5.43. The maximum absolute atomic E-state index is 11.9. The first kappa shape index (κ1) is 19.4. The highest BCUT2D eigenvalue weighted by Gasteiger charge is 2.51. The zero-order valence-corrected chi connectivity index (χ0v) is 16.3. The lowest BCUT2D eigenvalue weighted by atomic mass is 9.79. The van der Waals surface area contributed by atoms with Gasteiger partial charge in [-0.2, -0.15) is 0 Å². The number of benzene rings is 1. The highest BCUT2D eigenvalue weighted by atomic mass is 32.2. The minimum atomic E-state index is -0.382. The molecule has 24 heavy (non-hydrogen) atoms. The second-order valence-electron chi connectivity index (χ2n) is 7.72. The molecule has 1 heterocycles. The maximum Gasteiger partial charge on any atom is 0.494 e. The Bertz CT molecular complexity index is 573. The van der Waals surface area contributed by atoms with Crippen molar-refractivity contribution in [1.29, 1.82) is 0 Å². The molecule has 0 unspecified atom stereocenters. The Morgan fingerprint density at radius 2 is 1.83 bits per heavy atom. The van der Waals surface area contributed by atoms with E-state index in [0.29, 0.717) is 12.3 Å². The van der Waals surface area contributed by atoms with Crippen molar-refractivity contribution in [2.75, 3.05) is 0 Å². The second kappa shape index (κ2) is 7.50. The maximum atomic E-state index is 11.9. The first-order valence-corrected chi connectivity index (χ1v) is 9.34. The number of hydrogen-bond acceptors (Lipinski definition) is 4. The minimum absolute atomic E-state index is 0.0646. The van der Waals surface area contributed by atoms with Crippen LogP contribution in [-0.2, 0) is 14.1 Å². The van der Waals surface area contributed by atoms with E-state index < -0.39 is 0 Å². The van der Waals surface area contributed by atoms with Crippen LogP contribution in [0.3, 0.4) is 0 Å². The van der Waals surface area contributed by atoms with Crippen LogP contribution in [0.2, 0.25) is 0 Å². The van der Waals surface area contributed by atoms with Gasteiger partial charge in [0.2, 0.25) is 5.91 Å². The summed E-state index contributed by atoms with van der Waals surface area (Å²) < 4.78 is 15.1. The summed E-state index contributed by atoms with van der Waals surface area (Å²) in [4.78, 5) is 12.8. The molecule has 1 N–H and O–H groups in total. The molecule has 0 atom stereocenters. The highest BCUT2D eigenvalue weighted by molar-refractivity contribution is 7.98. The normalized spacial score (nSPS) is 18.9. The van der Waals surface area contributed by atoms with Gasteiger partial charge < -0.3 is 9.31 Å². The molecule has 0 aliphatic carbocycles. The van der Waals surface area contributed by atoms with Gasteiger partial charge in [-0.15, -0.1) is 0 Å². The minimum Gasteiger partial charge on any atom is -0.399 e. The standard InChI is InChI=1S/C18H28BNO3S/c1-13(2)10-11-16(21)20-24-15-9-7-8-14(12-15)19-22-17(3,4)18(5,6)23-19/h7-9,12-13H,10-11H2,1-6H3,(H,20,21). The lowest BCUT2D eigenvalue weighted by Gasteiger charge is -2.32. The molecular weight excluding hydrogens is 321 g/mol. The second-order valence-corrected chi connectivity index (χ2v) is 8.60. The van der Waals surface area contributed by atoms with Gasteiger partial charge in [0.1, 0.15) is 0 Å². The predicted octanol–water partition coefficient (Wildman–Crippen LogP) is 3.55. The smallest absolute Gasteiger partial charge is 0.399 e. The van der Waals surface area contributed by atoms with Crippen molar-refractivity contribution in [3.8, 4) is 0 Å². The summed E-state index contributed by atoms with van der Waals surface area (Å²) in [6.45, 7) is 12.4. The quantitative estimate of drug-likeness (QED) is 0.630. The largest absolute Gasteiger partial charge is 0.494 e. The molecule has 6 heteroatoms. The van der Waals surface area contributed by atoms with Crippen molar-refractivity contribution in [2.45, 2.75) is 70.5 Å². The molecule has 1 saturated heterocycles. The third kappa shape index (κ3) is 4.77. The number of carbonyl (C=O) groups excluding carboxylic acids is 1. The fourth-order valence-corrected chi connectivity index (χ4v) is 2.97. The zero-order valence-electron chi connectivity index (χ0n) is 15.5. The Morgan fingerprint density at radius 1 is 1.21 bits per heavy atom. The van der Waals surface area contributed by atoms with E-state index >= 15 is 0 Å². The van der Waals surface area contributed by atoms with Gasteiger partial charge in [-0.05, 0) is 69.6 Å². The fourth-order valence-electron chi connectivity index (χ4n) is 2.29. The van der Waals surface area contributed by atoms with E-state index in [1.54, 1.807) is 0 Å². The summed E-state index contributed by atoms with van der Waals surface area (Å²) in [6, 6.07) is 7.94. The third-order valence-electron chi connectivity index (χ3n) is 4.61. The summed E-state index contributed by atoms with van der Waals surface area (Å²) in [5.41, 5.74) is 0.257. The van der Waals surface area contributed by atoms with Gasteiger partial charge >= 0.3 is 7.12 Å². The van der Waals surface area contributed by atoms with Crippen LogP contribution in [0.15, 0.2) is 29.2 Å². The van der Waals surface area contributed by atoms with Crippen LogP contribution >= 0.6 is 11.9 Å². The number of nitrogens with one attached hydrogen (secondary N) is 1. The molecule has 0 bridgehead atoms. The van der Waals surface area contributed by atoms with Gasteiger partial charge in [0.15, 0.2) is 0 Å². The lowest BCUT2D eigenvalue weighted by molar-refractivity contribution is -0.119. The van der Waals surface area contributed by atoms with Crippen molar-refractivity contribution < 1.29 is 14.1 Å². The molecule has 132 valence electrons. The van der Waals surface area contributed by atoms with Crippen molar-refractivity contribution in [2.24, 2.45) is 5.92 Å². The van der Waals surface area contributed by atoms with E-state index in [1.807, 2.05) is 52.0 Å². The molecule has 1 aromatic rings. The summed E-state index contributed by atoms with van der Waals surface area (Å²) in [7, 11) is -0.382. The van der Waals surface area contributed by atoms with Crippen molar-refractivity contribution in [1.82, 2.24) is 4.72 Å². The van der Waals surface area contributed by atoms with E-state index in [4.69, 9.17) is 9.31 Å². The summed E-state index contributed by atoms with van der Waals surface area (Å²) in [5.74, 6) is 0.599. The SMILES string of the molecule is CC(C)CCC(=O)NSc1cccc(B2OC(C)(C)C(C)(C)O2)c1. The van der Waals surface area contributed by atoms with Gasteiger partial charge in [-0.25, -0.2) is 0 Å². The van der Waals surface area contributed by atoms with Crippen LogP contribution in [0.25, 0.3) is 0 Å². The lowest BCUT2D eigenvalue weighted by Crippen LogP contribution is -2.41. The van der Waals surface area contributed by atoms with Crippen LogP contribution in [0.1, 0.15) is 54.4 Å². The molecule has 1 aliphatic heterocycles. The predicted molar refractivity (Wildman–Crippen MR) is 100 cm³/mol. The van der Waals surface area contributed by atoms with Gasteiger partial charge in [0.05, 0.1) is 11.2 Å². The Balaban J connectivity index is 1.96. The van der Waals surface area contributed by atoms with Crippen molar-refractivity contribution in [3.05, 3.63) is 24.3 Å². The Labute approximate surface area is 150 Å². The first-order valence-electron chi connectivity index (χ1n) is 8.52. The number of amides is 1. The summed E-state index contributed by atoms with van der Waals surface area (Å²) >= 11 is 1.34. The molecular formula is C18H28BNO3S. The molecule has 2 rings (SSSR count). The molecule has 0 saturated carbocycles. The average Bonchev–Trinajstić information content (AvgIpc) is 2.71. The topological polar surface area (TPSA) is 47.6 Å². The van der Waals surface area contributed by atoms with E-state index in [0.717, 1.165) is 16.8 Å². The number of hydrogen-bond donors (Lipinski definition) is 1. The van der Waals surface area contributed by atoms with Crippen LogP contribution in [0, 0.1) is 5.92 Å². The number of carbonyl (C=O) groups is 1. The van der Waals surface area contributed by atoms with E-state index in [1.165, 1.54) is 11.9 Å². The Morgan fingerprint density at radius 3 is 2.42 bits per heavy atom. The van der Waals surface area contributed by atoms with E-state index in [2.05, 4.69) is 18.6 Å². The van der Waals surface area contributed by atoms with Crippen LogP contribution < -0.4 is 10.2 Å². The molecule has 0 radical (unpaired) electrons. The highest BCUT2D eigenvalue weighted by Crippen LogP contribution is 2.36. The summed E-state index contributed by atoms with van der Waals surface area (Å²) in [6.07, 6.45) is 1.46. The Kier molecular flexibility index (Phi) is 6.05. The van der Waals surface area contributed by atoms with Gasteiger partial charge in [-0.3, -0.25) is 9.52 Å². The average molecular weight is 349 g/mol. The Hall–Kier alpha value is -0.975. The molecule has 1 amide bonds. The molecule has 0 spiro atoms. The van der Waals surface area contributed by atoms with Gasteiger partial charge in [-0.1, -0.05) is 26.0 Å². The van der Waals surface area contributed by atoms with Crippen LogP contribution in [0.4, 0.5) is 0 Å². The van der Waals surface area contributed by atoms with E-state index in [-0.39, 0.29) is 24.2 Å². The zero-order chi connectivity index (χ0) is 18.0. The molecule has 0 aromatic heterocycles. The molecule has 4 nitrogen and oxygen atoms in total. The summed E-state index contributed by atoms with van der Waals surface area (Å²) in [5, 5.41) is 0. The molecule has 1 fully saturated rings. The molecule has 1 aromatic carbocycles. The monoisotopic (exact) mass is 349 g/mol. The van der Waals surface area contributed by atoms with Crippen LogP contribution in [0.5, 0.6) is 0 Å². The first-order chi connectivity index (χ1) is 11.1. The fraction of sp³-hybridized carbons (Fsp3) is 0.611. The van der Waals surface area contributed by atoms with E-state index in [9.17, 15) is 4.79 Å². The van der Waals surface area contributed by atoms with Crippen molar-refractivity contribution in [3.63, 3.8) is 0 Å². The van der Waals surface area contributed by atoms with Crippen molar-refractivity contribution >= 4 is 30.4 Å². The van der Waals surface area contributed by atoms with Crippen LogP contribution in [-0.4, -0.2) is 24.2 Å². The molecule has 1 aliphatic rings. The number of rotatable bonds is 6.